The molecule has 0 radical (unpaired) electrons. The minimum absolute atomic E-state index is 0.259. The van der Waals surface area contributed by atoms with Crippen molar-refractivity contribution in [3.63, 3.8) is 0 Å². The van der Waals surface area contributed by atoms with Gasteiger partial charge < -0.3 is 4.98 Å². The van der Waals surface area contributed by atoms with E-state index >= 15 is 0 Å². The molecular formula is C6H5N5OS. The van der Waals surface area contributed by atoms with E-state index in [-0.39, 0.29) is 5.91 Å². The zero-order chi connectivity index (χ0) is 9.10. The first-order chi connectivity index (χ1) is 6.36. The first kappa shape index (κ1) is 7.87. The third-order valence-electron chi connectivity index (χ3n) is 1.32. The van der Waals surface area contributed by atoms with Crippen LogP contribution in [0.1, 0.15) is 9.67 Å². The zero-order valence-electron chi connectivity index (χ0n) is 6.39. The molecule has 2 aromatic heterocycles. The Balaban J connectivity index is 2.08. The molecule has 0 bridgehead atoms. The number of hydrogen-bond donors (Lipinski definition) is 2. The quantitative estimate of drug-likeness (QED) is 0.731. The van der Waals surface area contributed by atoms with Crippen molar-refractivity contribution in [2.24, 2.45) is 0 Å². The SMILES string of the molecule is O=C(Nc1ncc[nH]1)c1cnns1. The Morgan fingerprint density at radius 1 is 1.62 bits per heavy atom. The van der Waals surface area contributed by atoms with Gasteiger partial charge in [0.1, 0.15) is 4.88 Å². The Hall–Kier alpha value is -1.76. The van der Waals surface area contributed by atoms with Crippen molar-refractivity contribution >= 4 is 23.4 Å². The summed E-state index contributed by atoms with van der Waals surface area (Å²) in [5, 5.41) is 6.10. The Bertz CT molecular complexity index is 381. The minimum atomic E-state index is -0.259. The lowest BCUT2D eigenvalue weighted by Gasteiger charge is -1.95. The van der Waals surface area contributed by atoms with E-state index in [1.165, 1.54) is 6.20 Å². The topological polar surface area (TPSA) is 83.6 Å². The first-order valence-electron chi connectivity index (χ1n) is 3.44. The lowest BCUT2D eigenvalue weighted by molar-refractivity contribution is 0.102. The predicted octanol–water partition coefficient (Wildman–Crippen LogP) is 0.513. The maximum atomic E-state index is 11.3. The Labute approximate surface area is 77.2 Å². The van der Waals surface area contributed by atoms with E-state index in [0.717, 1.165) is 11.5 Å². The summed E-state index contributed by atoms with van der Waals surface area (Å²) in [4.78, 5) is 18.4. The first-order valence-corrected chi connectivity index (χ1v) is 4.21. The number of H-pyrrole nitrogens is 1. The number of amides is 1. The van der Waals surface area contributed by atoms with Crippen molar-refractivity contribution in [2.75, 3.05) is 5.32 Å². The molecule has 0 unspecified atom stereocenters. The minimum Gasteiger partial charge on any atom is -0.331 e. The molecule has 0 aliphatic heterocycles. The van der Waals surface area contributed by atoms with E-state index in [1.54, 1.807) is 12.4 Å². The van der Waals surface area contributed by atoms with Crippen LogP contribution in [0.2, 0.25) is 0 Å². The molecule has 0 saturated carbocycles. The van der Waals surface area contributed by atoms with Crippen LogP contribution < -0.4 is 5.32 Å². The third kappa shape index (κ3) is 1.70. The maximum Gasteiger partial charge on any atom is 0.271 e. The Kier molecular flexibility index (Phi) is 2.01. The number of rotatable bonds is 2. The van der Waals surface area contributed by atoms with Gasteiger partial charge in [0.2, 0.25) is 5.95 Å². The summed E-state index contributed by atoms with van der Waals surface area (Å²) >= 11 is 1.04. The molecule has 0 aromatic carbocycles. The number of nitrogens with zero attached hydrogens (tertiary/aromatic N) is 3. The Morgan fingerprint density at radius 2 is 2.54 bits per heavy atom. The number of carbonyl (C=O) groups is 1. The largest absolute Gasteiger partial charge is 0.331 e. The molecule has 6 nitrogen and oxygen atoms in total. The van der Waals surface area contributed by atoms with Gasteiger partial charge in [-0.05, 0) is 11.5 Å². The molecule has 0 aliphatic rings. The van der Waals surface area contributed by atoms with Crippen molar-refractivity contribution in [2.45, 2.75) is 0 Å². The highest BCUT2D eigenvalue weighted by atomic mass is 32.1. The lowest BCUT2D eigenvalue weighted by Crippen LogP contribution is -2.11. The molecule has 7 heteroatoms. The summed E-state index contributed by atoms with van der Waals surface area (Å²) in [6.07, 6.45) is 4.59. The fourth-order valence-corrected chi connectivity index (χ4v) is 1.18. The second kappa shape index (κ2) is 3.31. The number of carbonyl (C=O) groups excluding carboxylic acids is 1. The van der Waals surface area contributed by atoms with Gasteiger partial charge in [-0.15, -0.1) is 5.10 Å². The van der Waals surface area contributed by atoms with Gasteiger partial charge in [-0.2, -0.15) is 0 Å². The second-order valence-electron chi connectivity index (χ2n) is 2.17. The van der Waals surface area contributed by atoms with Crippen LogP contribution in [0.25, 0.3) is 0 Å². The zero-order valence-corrected chi connectivity index (χ0v) is 7.21. The van der Waals surface area contributed by atoms with Crippen LogP contribution in [0.4, 0.5) is 5.95 Å². The van der Waals surface area contributed by atoms with E-state index in [4.69, 9.17) is 0 Å². The number of imidazole rings is 1. The van der Waals surface area contributed by atoms with Crippen LogP contribution in [-0.4, -0.2) is 25.5 Å². The predicted molar refractivity (Wildman–Crippen MR) is 46.4 cm³/mol. The van der Waals surface area contributed by atoms with Gasteiger partial charge in [0.15, 0.2) is 0 Å². The number of hydrogen-bond acceptors (Lipinski definition) is 5. The van der Waals surface area contributed by atoms with E-state index in [0.29, 0.717) is 10.8 Å². The van der Waals surface area contributed by atoms with Crippen molar-refractivity contribution in [3.8, 4) is 0 Å². The highest BCUT2D eigenvalue weighted by Gasteiger charge is 2.08. The van der Waals surface area contributed by atoms with E-state index < -0.39 is 0 Å². The van der Waals surface area contributed by atoms with Crippen LogP contribution >= 0.6 is 11.5 Å². The lowest BCUT2D eigenvalue weighted by atomic mass is 10.5. The number of nitrogens with one attached hydrogen (secondary N) is 2. The fraction of sp³-hybridized carbons (Fsp3) is 0. The maximum absolute atomic E-state index is 11.3. The average Bonchev–Trinajstić information content (AvgIpc) is 2.74. The van der Waals surface area contributed by atoms with Crippen molar-refractivity contribution < 1.29 is 4.79 Å². The van der Waals surface area contributed by atoms with Crippen molar-refractivity contribution in [3.05, 3.63) is 23.5 Å². The molecule has 2 N–H and O–H groups in total. The molecule has 0 atom stereocenters. The monoisotopic (exact) mass is 195 g/mol. The van der Waals surface area contributed by atoms with Crippen LogP contribution in [0.15, 0.2) is 18.6 Å². The summed E-state index contributed by atoms with van der Waals surface area (Å²) < 4.78 is 3.57. The van der Waals surface area contributed by atoms with Crippen LogP contribution in [0.3, 0.4) is 0 Å². The van der Waals surface area contributed by atoms with Gasteiger partial charge in [0.05, 0.1) is 6.20 Å². The molecule has 0 aliphatic carbocycles. The van der Waals surface area contributed by atoms with E-state index in [9.17, 15) is 4.79 Å². The van der Waals surface area contributed by atoms with Crippen molar-refractivity contribution in [1.29, 1.82) is 0 Å². The second-order valence-corrected chi connectivity index (χ2v) is 2.96. The van der Waals surface area contributed by atoms with Gasteiger partial charge in [0, 0.05) is 12.4 Å². The van der Waals surface area contributed by atoms with E-state index in [1.807, 2.05) is 0 Å². The highest BCUT2D eigenvalue weighted by Crippen LogP contribution is 2.05. The van der Waals surface area contributed by atoms with Gasteiger partial charge in [-0.3, -0.25) is 10.1 Å². The normalized spacial score (nSPS) is 9.85. The molecule has 0 saturated heterocycles. The molecule has 1 amide bonds. The summed E-state index contributed by atoms with van der Waals surface area (Å²) in [6.45, 7) is 0. The summed E-state index contributed by atoms with van der Waals surface area (Å²) in [5.74, 6) is 0.156. The summed E-state index contributed by atoms with van der Waals surface area (Å²) in [7, 11) is 0. The standard InChI is InChI=1S/C6H5N5OS/c12-5(4-3-9-11-13-4)10-6-7-1-2-8-6/h1-3H,(H2,7,8,10,12). The van der Waals surface area contributed by atoms with Crippen LogP contribution in [0, 0.1) is 0 Å². The fourth-order valence-electron chi connectivity index (χ4n) is 0.770. The number of aromatic amines is 1. The van der Waals surface area contributed by atoms with Gasteiger partial charge in [-0.1, -0.05) is 4.49 Å². The van der Waals surface area contributed by atoms with Crippen molar-refractivity contribution in [1.82, 2.24) is 19.6 Å². The van der Waals surface area contributed by atoms with Gasteiger partial charge in [-0.25, -0.2) is 4.98 Å². The van der Waals surface area contributed by atoms with Crippen LogP contribution in [-0.2, 0) is 0 Å². The third-order valence-corrected chi connectivity index (χ3v) is 1.98. The number of anilines is 1. The number of aromatic nitrogens is 4. The molecule has 2 rings (SSSR count). The summed E-state index contributed by atoms with van der Waals surface area (Å²) in [5.41, 5.74) is 0. The Morgan fingerprint density at radius 3 is 3.15 bits per heavy atom. The van der Waals surface area contributed by atoms with Crippen LogP contribution in [0.5, 0.6) is 0 Å². The van der Waals surface area contributed by atoms with Gasteiger partial charge >= 0.3 is 0 Å². The summed E-state index contributed by atoms with van der Waals surface area (Å²) in [6, 6.07) is 0. The molecule has 2 aromatic rings. The molecule has 0 spiro atoms. The molecular weight excluding hydrogens is 190 g/mol. The molecule has 13 heavy (non-hydrogen) atoms. The van der Waals surface area contributed by atoms with E-state index in [2.05, 4.69) is 24.9 Å². The smallest absolute Gasteiger partial charge is 0.271 e. The average molecular weight is 195 g/mol. The van der Waals surface area contributed by atoms with Gasteiger partial charge in [0.25, 0.3) is 5.91 Å². The molecule has 2 heterocycles. The molecule has 66 valence electrons. The highest BCUT2D eigenvalue weighted by molar-refractivity contribution is 7.07. The molecule has 0 fully saturated rings.